The highest BCUT2D eigenvalue weighted by atomic mass is 35.5. The van der Waals surface area contributed by atoms with Crippen molar-refractivity contribution in [1.82, 2.24) is 0 Å². The Balaban J connectivity index is 3.10. The summed E-state index contributed by atoms with van der Waals surface area (Å²) in [4.78, 5) is 0. The minimum Gasteiger partial charge on any atom is -0.490 e. The molecule has 0 fully saturated rings. The molecule has 12 heavy (non-hydrogen) atoms. The van der Waals surface area contributed by atoms with E-state index in [2.05, 4.69) is 0 Å². The first-order chi connectivity index (χ1) is 5.65. The molecule has 0 bridgehead atoms. The fourth-order valence-corrected chi connectivity index (χ4v) is 1.44. The van der Waals surface area contributed by atoms with E-state index in [1.54, 1.807) is 12.1 Å². The summed E-state index contributed by atoms with van der Waals surface area (Å²) in [6.07, 6.45) is 0. The number of anilines is 1. The Bertz CT molecular complexity index is 265. The topological polar surface area (TPSA) is 35.2 Å². The molecule has 0 amide bonds. The number of hydrogen-bond donors (Lipinski definition) is 1. The van der Waals surface area contributed by atoms with E-state index in [4.69, 9.17) is 33.7 Å². The average Bonchev–Trinajstić information content (AvgIpc) is 1.96. The number of ether oxygens (including phenoxy) is 1. The second-order valence-corrected chi connectivity index (χ2v) is 3.08. The van der Waals surface area contributed by atoms with Gasteiger partial charge in [-0.15, -0.1) is 0 Å². The normalized spacial score (nSPS) is 9.92. The maximum Gasteiger partial charge on any atom is 0.160 e. The standard InChI is InChI=1S/C8H9Cl2NO/c1-2-12-8-6(10)3-5(9)4-7(8)11/h3-4H,2,11H2,1H3. The van der Waals surface area contributed by atoms with Crippen LogP contribution < -0.4 is 10.5 Å². The van der Waals surface area contributed by atoms with E-state index < -0.39 is 0 Å². The Kier molecular flexibility index (Phi) is 3.06. The van der Waals surface area contributed by atoms with Crippen LogP contribution in [-0.2, 0) is 0 Å². The van der Waals surface area contributed by atoms with Gasteiger partial charge in [-0.3, -0.25) is 0 Å². The lowest BCUT2D eigenvalue weighted by atomic mass is 10.3. The van der Waals surface area contributed by atoms with E-state index in [1.165, 1.54) is 0 Å². The second kappa shape index (κ2) is 3.87. The Morgan fingerprint density at radius 3 is 2.58 bits per heavy atom. The van der Waals surface area contributed by atoms with E-state index in [0.29, 0.717) is 28.1 Å². The quantitative estimate of drug-likeness (QED) is 0.755. The minimum atomic E-state index is 0.446. The molecule has 0 aliphatic carbocycles. The van der Waals surface area contributed by atoms with Crippen molar-refractivity contribution in [1.29, 1.82) is 0 Å². The first-order valence-electron chi connectivity index (χ1n) is 3.52. The van der Waals surface area contributed by atoms with Crippen molar-refractivity contribution in [2.45, 2.75) is 6.92 Å². The molecule has 0 unspecified atom stereocenters. The third-order valence-electron chi connectivity index (χ3n) is 1.33. The Labute approximate surface area is 81.2 Å². The van der Waals surface area contributed by atoms with Crippen molar-refractivity contribution in [3.8, 4) is 5.75 Å². The van der Waals surface area contributed by atoms with Gasteiger partial charge in [0.05, 0.1) is 17.3 Å². The van der Waals surface area contributed by atoms with E-state index in [0.717, 1.165) is 0 Å². The van der Waals surface area contributed by atoms with Crippen LogP contribution >= 0.6 is 23.2 Å². The van der Waals surface area contributed by atoms with Crippen molar-refractivity contribution in [2.24, 2.45) is 0 Å². The van der Waals surface area contributed by atoms with Crippen LogP contribution in [0.3, 0.4) is 0 Å². The highest BCUT2D eigenvalue weighted by molar-refractivity contribution is 6.36. The van der Waals surface area contributed by atoms with E-state index in [-0.39, 0.29) is 0 Å². The Morgan fingerprint density at radius 2 is 2.08 bits per heavy atom. The van der Waals surface area contributed by atoms with Gasteiger partial charge >= 0.3 is 0 Å². The average molecular weight is 206 g/mol. The van der Waals surface area contributed by atoms with Gasteiger partial charge in [0.25, 0.3) is 0 Å². The highest BCUT2D eigenvalue weighted by Gasteiger charge is 2.06. The van der Waals surface area contributed by atoms with Crippen LogP contribution in [0.4, 0.5) is 5.69 Å². The van der Waals surface area contributed by atoms with Gasteiger partial charge in [0, 0.05) is 5.02 Å². The molecule has 0 spiro atoms. The predicted octanol–water partition coefficient (Wildman–Crippen LogP) is 2.97. The summed E-state index contributed by atoms with van der Waals surface area (Å²) >= 11 is 11.5. The molecule has 0 aliphatic rings. The lowest BCUT2D eigenvalue weighted by Gasteiger charge is -2.08. The van der Waals surface area contributed by atoms with Gasteiger partial charge in [-0.25, -0.2) is 0 Å². The van der Waals surface area contributed by atoms with Crippen LogP contribution in [0.1, 0.15) is 6.92 Å². The van der Waals surface area contributed by atoms with Crippen molar-refractivity contribution in [2.75, 3.05) is 12.3 Å². The molecule has 4 heteroatoms. The van der Waals surface area contributed by atoms with Crippen LogP contribution in [0.2, 0.25) is 10.0 Å². The molecule has 0 saturated carbocycles. The summed E-state index contributed by atoms with van der Waals surface area (Å²) in [7, 11) is 0. The summed E-state index contributed by atoms with van der Waals surface area (Å²) in [6.45, 7) is 2.40. The molecule has 2 nitrogen and oxygen atoms in total. The SMILES string of the molecule is CCOc1c(N)cc(Cl)cc1Cl. The molecule has 2 N–H and O–H groups in total. The van der Waals surface area contributed by atoms with Gasteiger partial charge in [0.2, 0.25) is 0 Å². The van der Waals surface area contributed by atoms with E-state index >= 15 is 0 Å². The first-order valence-corrected chi connectivity index (χ1v) is 4.28. The minimum absolute atomic E-state index is 0.446. The number of rotatable bonds is 2. The highest BCUT2D eigenvalue weighted by Crippen LogP contribution is 2.33. The zero-order chi connectivity index (χ0) is 9.14. The van der Waals surface area contributed by atoms with Crippen LogP contribution in [0.15, 0.2) is 12.1 Å². The van der Waals surface area contributed by atoms with Gasteiger partial charge in [0.15, 0.2) is 5.75 Å². The zero-order valence-corrected chi connectivity index (χ0v) is 8.12. The summed E-state index contributed by atoms with van der Waals surface area (Å²) in [5.41, 5.74) is 6.08. The molecular formula is C8H9Cl2NO. The van der Waals surface area contributed by atoms with Gasteiger partial charge in [-0.05, 0) is 19.1 Å². The molecule has 0 saturated heterocycles. The number of hydrogen-bond acceptors (Lipinski definition) is 2. The number of nitrogens with two attached hydrogens (primary N) is 1. The zero-order valence-electron chi connectivity index (χ0n) is 6.60. The number of benzene rings is 1. The monoisotopic (exact) mass is 205 g/mol. The predicted molar refractivity (Wildman–Crippen MR) is 52.0 cm³/mol. The maximum absolute atomic E-state index is 5.82. The van der Waals surface area contributed by atoms with Gasteiger partial charge in [0.1, 0.15) is 0 Å². The van der Waals surface area contributed by atoms with Gasteiger partial charge in [-0.2, -0.15) is 0 Å². The van der Waals surface area contributed by atoms with E-state index in [9.17, 15) is 0 Å². The molecule has 0 radical (unpaired) electrons. The summed E-state index contributed by atoms with van der Waals surface area (Å²) in [5.74, 6) is 0.503. The lowest BCUT2D eigenvalue weighted by molar-refractivity contribution is 0.342. The fraction of sp³-hybridized carbons (Fsp3) is 0.250. The molecule has 1 rings (SSSR count). The maximum atomic E-state index is 5.82. The van der Waals surface area contributed by atoms with Gasteiger partial charge < -0.3 is 10.5 Å². The van der Waals surface area contributed by atoms with Crippen molar-refractivity contribution in [3.63, 3.8) is 0 Å². The smallest absolute Gasteiger partial charge is 0.160 e. The first kappa shape index (κ1) is 9.49. The van der Waals surface area contributed by atoms with Crippen molar-refractivity contribution >= 4 is 28.9 Å². The molecule has 0 aromatic heterocycles. The molecule has 66 valence electrons. The van der Waals surface area contributed by atoms with Crippen LogP contribution in [0.5, 0.6) is 5.75 Å². The number of halogens is 2. The molecule has 1 aromatic rings. The van der Waals surface area contributed by atoms with Crippen molar-refractivity contribution in [3.05, 3.63) is 22.2 Å². The summed E-state index contributed by atoms with van der Waals surface area (Å²) < 4.78 is 5.21. The lowest BCUT2D eigenvalue weighted by Crippen LogP contribution is -1.97. The third kappa shape index (κ3) is 1.96. The van der Waals surface area contributed by atoms with Crippen molar-refractivity contribution < 1.29 is 4.74 Å². The number of nitrogen functional groups attached to an aromatic ring is 1. The fourth-order valence-electron chi connectivity index (χ4n) is 0.877. The van der Waals surface area contributed by atoms with Gasteiger partial charge in [-0.1, -0.05) is 23.2 Å². The molecule has 0 aliphatic heterocycles. The Morgan fingerprint density at radius 1 is 1.42 bits per heavy atom. The van der Waals surface area contributed by atoms with Crippen LogP contribution in [0, 0.1) is 0 Å². The molecule has 1 aromatic carbocycles. The summed E-state index contributed by atoms with van der Waals surface area (Å²) in [5, 5.41) is 0.961. The third-order valence-corrected chi connectivity index (χ3v) is 1.82. The second-order valence-electron chi connectivity index (χ2n) is 2.24. The largest absolute Gasteiger partial charge is 0.490 e. The molecular weight excluding hydrogens is 197 g/mol. The summed E-state index contributed by atoms with van der Waals surface area (Å²) in [6, 6.07) is 3.21. The Hall–Kier alpha value is -0.600. The van der Waals surface area contributed by atoms with Crippen LogP contribution in [-0.4, -0.2) is 6.61 Å². The molecule has 0 atom stereocenters. The van der Waals surface area contributed by atoms with E-state index in [1.807, 2.05) is 6.92 Å². The van der Waals surface area contributed by atoms with Crippen LogP contribution in [0.25, 0.3) is 0 Å². The molecule has 0 heterocycles.